The van der Waals surface area contributed by atoms with Crippen molar-refractivity contribution in [2.45, 2.75) is 50.5 Å². The maximum Gasteiger partial charge on any atom is 0.243 e. The van der Waals surface area contributed by atoms with E-state index in [0.29, 0.717) is 19.6 Å². The van der Waals surface area contributed by atoms with Crippen LogP contribution in [0.25, 0.3) is 0 Å². The van der Waals surface area contributed by atoms with E-state index in [1.54, 1.807) is 10.9 Å². The summed E-state index contributed by atoms with van der Waals surface area (Å²) >= 11 is 0. The minimum Gasteiger partial charge on any atom is -0.342 e. The highest BCUT2D eigenvalue weighted by Crippen LogP contribution is 2.32. The number of amides is 1. The van der Waals surface area contributed by atoms with Crippen LogP contribution in [0.15, 0.2) is 17.3 Å². The molecule has 1 aromatic rings. The van der Waals surface area contributed by atoms with Crippen molar-refractivity contribution in [3.05, 3.63) is 12.4 Å². The van der Waals surface area contributed by atoms with E-state index in [-0.39, 0.29) is 22.6 Å². The fourth-order valence-electron chi connectivity index (χ4n) is 3.17. The number of hydrogen-bond acceptors (Lipinski definition) is 4. The normalized spacial score (nSPS) is 21.9. The number of rotatable bonds is 7. The van der Waals surface area contributed by atoms with Gasteiger partial charge in [0, 0.05) is 38.3 Å². The largest absolute Gasteiger partial charge is 0.342 e. The Hall–Kier alpha value is -1.41. The Balaban J connectivity index is 1.54. The van der Waals surface area contributed by atoms with Crippen LogP contribution in [0, 0.1) is 11.8 Å². The summed E-state index contributed by atoms with van der Waals surface area (Å²) in [5, 5.41) is 4.07. The quantitative estimate of drug-likeness (QED) is 0.798. The van der Waals surface area contributed by atoms with Gasteiger partial charge in [-0.25, -0.2) is 13.1 Å². The molecule has 0 aromatic carbocycles. The lowest BCUT2D eigenvalue weighted by Gasteiger charge is -2.33. The minimum atomic E-state index is -3.54. The van der Waals surface area contributed by atoms with E-state index >= 15 is 0 Å². The molecule has 2 aliphatic rings. The van der Waals surface area contributed by atoms with Crippen LogP contribution in [0.3, 0.4) is 0 Å². The fraction of sp³-hybridized carbons (Fsp3) is 0.750. The average Bonchev–Trinajstić information content (AvgIpc) is 3.32. The number of carbonyl (C=O) groups is 1. The number of nitrogens with zero attached hydrogens (tertiary/aromatic N) is 3. The molecule has 1 saturated carbocycles. The molecule has 0 spiro atoms. The second-order valence-electron chi connectivity index (χ2n) is 6.86. The van der Waals surface area contributed by atoms with E-state index in [2.05, 4.69) is 9.82 Å². The molecule has 1 aliphatic heterocycles. The number of carbonyl (C=O) groups excluding carboxylic acids is 1. The molecule has 1 saturated heterocycles. The van der Waals surface area contributed by atoms with E-state index < -0.39 is 10.0 Å². The van der Waals surface area contributed by atoms with Crippen LogP contribution >= 0.6 is 0 Å². The average molecular weight is 354 g/mol. The molecule has 24 heavy (non-hydrogen) atoms. The monoisotopic (exact) mass is 354 g/mol. The van der Waals surface area contributed by atoms with Gasteiger partial charge in [-0.15, -0.1) is 0 Å². The summed E-state index contributed by atoms with van der Waals surface area (Å²) in [6.07, 6.45) is 7.77. The fourth-order valence-corrected chi connectivity index (χ4v) is 4.23. The molecule has 8 heteroatoms. The van der Waals surface area contributed by atoms with E-state index in [1.807, 2.05) is 11.8 Å². The van der Waals surface area contributed by atoms with Gasteiger partial charge in [-0.3, -0.25) is 9.48 Å². The number of nitrogens with one attached hydrogen (secondary N) is 1. The summed E-state index contributed by atoms with van der Waals surface area (Å²) < 4.78 is 29.1. The van der Waals surface area contributed by atoms with Gasteiger partial charge in [0.1, 0.15) is 4.90 Å². The van der Waals surface area contributed by atoms with Gasteiger partial charge in [0.05, 0.1) is 6.20 Å². The van der Waals surface area contributed by atoms with E-state index in [4.69, 9.17) is 0 Å². The van der Waals surface area contributed by atoms with Crippen molar-refractivity contribution < 1.29 is 13.2 Å². The molecule has 134 valence electrons. The maximum atomic E-state index is 12.4. The van der Waals surface area contributed by atoms with Crippen molar-refractivity contribution >= 4 is 15.9 Å². The van der Waals surface area contributed by atoms with Gasteiger partial charge in [0.2, 0.25) is 15.9 Å². The number of likely N-dealkylation sites (tertiary alicyclic amines) is 1. The van der Waals surface area contributed by atoms with E-state index in [1.165, 1.54) is 6.20 Å². The Kier molecular flexibility index (Phi) is 5.24. The van der Waals surface area contributed by atoms with Crippen LogP contribution in [-0.4, -0.2) is 48.6 Å². The zero-order valence-electron chi connectivity index (χ0n) is 14.1. The molecule has 2 heterocycles. The molecule has 1 atom stereocenters. The first-order chi connectivity index (χ1) is 11.5. The lowest BCUT2D eigenvalue weighted by atomic mass is 9.98. The summed E-state index contributed by atoms with van der Waals surface area (Å²) in [5.41, 5.74) is 0. The van der Waals surface area contributed by atoms with Gasteiger partial charge in [-0.2, -0.15) is 5.10 Å². The van der Waals surface area contributed by atoms with E-state index in [9.17, 15) is 13.2 Å². The Morgan fingerprint density at radius 3 is 2.88 bits per heavy atom. The zero-order valence-corrected chi connectivity index (χ0v) is 15.0. The van der Waals surface area contributed by atoms with Gasteiger partial charge < -0.3 is 4.90 Å². The highest BCUT2D eigenvalue weighted by Gasteiger charge is 2.35. The molecule has 2 fully saturated rings. The van der Waals surface area contributed by atoms with Crippen LogP contribution in [0.1, 0.15) is 39.0 Å². The van der Waals surface area contributed by atoms with Gasteiger partial charge >= 0.3 is 0 Å². The third-order valence-corrected chi connectivity index (χ3v) is 6.07. The number of sulfonamides is 1. The maximum absolute atomic E-state index is 12.4. The molecule has 1 amide bonds. The first-order valence-electron chi connectivity index (χ1n) is 8.80. The molecule has 1 N–H and O–H groups in total. The smallest absolute Gasteiger partial charge is 0.243 e. The van der Waals surface area contributed by atoms with Crippen LogP contribution in [0.5, 0.6) is 0 Å². The van der Waals surface area contributed by atoms with Gasteiger partial charge in [0.25, 0.3) is 0 Å². The highest BCUT2D eigenvalue weighted by atomic mass is 32.2. The van der Waals surface area contributed by atoms with Gasteiger partial charge in [0.15, 0.2) is 0 Å². The first kappa shape index (κ1) is 17.4. The summed E-state index contributed by atoms with van der Waals surface area (Å²) in [7, 11) is -3.54. The SMILES string of the molecule is CCCn1cc(S(=O)(=O)NCC2CCCN(C(=O)C3CC3)C2)cn1. The van der Waals surface area contributed by atoms with Gasteiger partial charge in [-0.1, -0.05) is 6.92 Å². The van der Waals surface area contributed by atoms with Crippen LogP contribution in [-0.2, 0) is 21.4 Å². The lowest BCUT2D eigenvalue weighted by Crippen LogP contribution is -2.44. The molecular weight excluding hydrogens is 328 g/mol. The lowest BCUT2D eigenvalue weighted by molar-refractivity contribution is -0.134. The third-order valence-electron chi connectivity index (χ3n) is 4.69. The molecule has 0 radical (unpaired) electrons. The van der Waals surface area contributed by atoms with Crippen molar-refractivity contribution in [3.8, 4) is 0 Å². The topological polar surface area (TPSA) is 84.3 Å². The summed E-state index contributed by atoms with van der Waals surface area (Å²) in [4.78, 5) is 14.3. The summed E-state index contributed by atoms with van der Waals surface area (Å²) in [6.45, 7) is 4.56. The molecule has 1 unspecified atom stereocenters. The van der Waals surface area contributed by atoms with Crippen molar-refractivity contribution in [1.82, 2.24) is 19.4 Å². The number of hydrogen-bond donors (Lipinski definition) is 1. The van der Waals surface area contributed by atoms with Crippen molar-refractivity contribution in [3.63, 3.8) is 0 Å². The third kappa shape index (κ3) is 4.16. The molecule has 1 aliphatic carbocycles. The predicted molar refractivity (Wildman–Crippen MR) is 89.7 cm³/mol. The summed E-state index contributed by atoms with van der Waals surface area (Å²) in [6, 6.07) is 0. The molecule has 1 aromatic heterocycles. The molecule has 3 rings (SSSR count). The van der Waals surface area contributed by atoms with Crippen LogP contribution < -0.4 is 4.72 Å². The Bertz CT molecular complexity index is 681. The molecule has 0 bridgehead atoms. The standard InChI is InChI=1S/C16H26N4O3S/c1-2-7-20-12-15(10-17-20)24(22,23)18-9-13-4-3-8-19(11-13)16(21)14-5-6-14/h10,12-14,18H,2-9,11H2,1H3. The minimum absolute atomic E-state index is 0.182. The number of aryl methyl sites for hydroxylation is 1. The van der Waals surface area contributed by atoms with Crippen molar-refractivity contribution in [1.29, 1.82) is 0 Å². The predicted octanol–water partition coefficient (Wildman–Crippen LogP) is 1.22. The first-order valence-corrected chi connectivity index (χ1v) is 10.3. The Labute approximate surface area is 143 Å². The summed E-state index contributed by atoms with van der Waals surface area (Å²) in [5.74, 6) is 0.662. The Morgan fingerprint density at radius 1 is 1.38 bits per heavy atom. The van der Waals surface area contributed by atoms with Crippen molar-refractivity contribution in [2.75, 3.05) is 19.6 Å². The second-order valence-corrected chi connectivity index (χ2v) is 8.62. The molecular formula is C16H26N4O3S. The van der Waals surface area contributed by atoms with Gasteiger partial charge in [-0.05, 0) is 38.0 Å². The second kappa shape index (κ2) is 7.23. The zero-order chi connectivity index (χ0) is 17.2. The molecule has 7 nitrogen and oxygen atoms in total. The highest BCUT2D eigenvalue weighted by molar-refractivity contribution is 7.89. The van der Waals surface area contributed by atoms with E-state index in [0.717, 1.165) is 38.6 Å². The number of piperidine rings is 1. The van der Waals surface area contributed by atoms with Crippen molar-refractivity contribution in [2.24, 2.45) is 11.8 Å². The van der Waals surface area contributed by atoms with Crippen LogP contribution in [0.4, 0.5) is 0 Å². The van der Waals surface area contributed by atoms with Crippen LogP contribution in [0.2, 0.25) is 0 Å². The number of aromatic nitrogens is 2. The Morgan fingerprint density at radius 2 is 2.17 bits per heavy atom.